The van der Waals surface area contributed by atoms with Crippen LogP contribution < -0.4 is 0 Å². The fourth-order valence-corrected chi connectivity index (χ4v) is 1.31. The summed E-state index contributed by atoms with van der Waals surface area (Å²) in [7, 11) is -10.7. The van der Waals surface area contributed by atoms with Gasteiger partial charge >= 0.3 is 52.5 Å². The number of nitrogens with zero attached hydrogens (tertiary/aromatic N) is 5. The van der Waals surface area contributed by atoms with Gasteiger partial charge in [0.05, 0.1) is 24.3 Å². The second kappa shape index (κ2) is 19.6. The molecule has 5 nitrogen and oxygen atoms in total. The summed E-state index contributed by atoms with van der Waals surface area (Å²) in [6.45, 7) is 7.79. The van der Waals surface area contributed by atoms with Gasteiger partial charge in [0.25, 0.3) is 0 Å². The number of pyridine rings is 1. The number of aromatic nitrogens is 1. The molecular weight excluding hydrogens is 556 g/mol. The van der Waals surface area contributed by atoms with Gasteiger partial charge in [-0.05, 0) is 11.8 Å². The van der Waals surface area contributed by atoms with Crippen LogP contribution in [0.2, 0.25) is 0 Å². The van der Waals surface area contributed by atoms with E-state index in [1.807, 2.05) is 30.3 Å². The number of rotatable bonds is 1. The SMILES string of the molecule is CC#N.CC#N.CC#N.CC#N.Cc1ccc[c-]c1-c1ccccn1.F[P-](F)(F)(F)(F)F.[Ru+2]. The third-order valence-electron chi connectivity index (χ3n) is 1.99. The molecule has 0 aliphatic heterocycles. The standard InChI is InChI=1S/C12H10N.4C2H3N.F6P.Ru/c1-10-6-2-3-7-11(10)12-8-4-5-9-13-12;4*1-2-3;1-7(2,3,4,5)6;/h2-6,8-9H,1H3;4*1H3;;/q-1;;;;;-1;+2. The second-order valence-electron chi connectivity index (χ2n) is 4.80. The Kier molecular flexibility index (Phi) is 24.0. The molecule has 0 spiro atoms. The average molecular weight is 578 g/mol. The van der Waals surface area contributed by atoms with Gasteiger partial charge in [-0.25, -0.2) is 0 Å². The fraction of sp³-hybridized carbons (Fsp3) is 0.250. The summed E-state index contributed by atoms with van der Waals surface area (Å²) >= 11 is 0. The molecule has 0 fully saturated rings. The zero-order valence-corrected chi connectivity index (χ0v) is 21.0. The minimum atomic E-state index is -10.7. The molecule has 182 valence electrons. The van der Waals surface area contributed by atoms with Crippen LogP contribution in [0.1, 0.15) is 33.3 Å². The van der Waals surface area contributed by atoms with Crippen LogP contribution >= 0.6 is 7.81 Å². The number of hydrogen-bond acceptors (Lipinski definition) is 5. The van der Waals surface area contributed by atoms with E-state index in [1.54, 1.807) is 30.5 Å². The summed E-state index contributed by atoms with van der Waals surface area (Å²) in [5, 5.41) is 29.3. The van der Waals surface area contributed by atoms with Crippen molar-refractivity contribution in [3.63, 3.8) is 0 Å². The van der Waals surface area contributed by atoms with E-state index in [9.17, 15) is 25.2 Å². The second-order valence-corrected chi connectivity index (χ2v) is 6.71. The van der Waals surface area contributed by atoms with Gasteiger partial charge in [0, 0.05) is 33.9 Å². The van der Waals surface area contributed by atoms with Gasteiger partial charge < -0.3 is 4.98 Å². The van der Waals surface area contributed by atoms with Crippen LogP contribution in [0.5, 0.6) is 0 Å². The van der Waals surface area contributed by atoms with Crippen LogP contribution in [-0.4, -0.2) is 4.98 Å². The monoisotopic (exact) mass is 579 g/mol. The van der Waals surface area contributed by atoms with Crippen LogP contribution in [0.25, 0.3) is 11.3 Å². The summed E-state index contributed by atoms with van der Waals surface area (Å²) in [5.74, 6) is 0. The predicted molar refractivity (Wildman–Crippen MR) is 112 cm³/mol. The van der Waals surface area contributed by atoms with Crippen molar-refractivity contribution in [2.45, 2.75) is 34.6 Å². The Hall–Kier alpha value is -3.04. The average Bonchev–Trinajstić information content (AvgIpc) is 2.63. The van der Waals surface area contributed by atoms with Crippen molar-refractivity contribution in [3.05, 3.63) is 54.2 Å². The van der Waals surface area contributed by atoms with E-state index in [0.717, 1.165) is 11.3 Å². The quantitative estimate of drug-likeness (QED) is 0.146. The molecule has 13 heteroatoms. The molecule has 0 radical (unpaired) electrons. The Morgan fingerprint density at radius 1 is 0.758 bits per heavy atom. The summed E-state index contributed by atoms with van der Waals surface area (Å²) in [5.41, 5.74) is 3.28. The van der Waals surface area contributed by atoms with E-state index in [0.29, 0.717) is 0 Å². The molecule has 0 amide bonds. The number of hydrogen-bond donors (Lipinski definition) is 0. The van der Waals surface area contributed by atoms with E-state index >= 15 is 0 Å². The maximum absolute atomic E-state index is 10.7. The Balaban J connectivity index is -0.000000112. The molecule has 2 aromatic rings. The zero-order chi connectivity index (χ0) is 26.3. The van der Waals surface area contributed by atoms with Gasteiger partial charge in [0.2, 0.25) is 0 Å². The summed E-state index contributed by atoms with van der Waals surface area (Å²) in [6.07, 6.45) is 1.80. The maximum atomic E-state index is 9.87. The van der Waals surface area contributed by atoms with Gasteiger partial charge in [-0.1, -0.05) is 19.1 Å². The molecule has 0 saturated heterocycles. The number of halogens is 6. The molecule has 0 unspecified atom stereocenters. The van der Waals surface area contributed by atoms with E-state index in [-0.39, 0.29) is 19.5 Å². The maximum Gasteiger partial charge on any atom is 2.00 e. The van der Waals surface area contributed by atoms with Crippen LogP contribution in [0, 0.1) is 58.3 Å². The molecule has 1 aromatic carbocycles. The number of aryl methyl sites for hydroxylation is 1. The van der Waals surface area contributed by atoms with Gasteiger partial charge in [-0.3, -0.25) is 0 Å². The van der Waals surface area contributed by atoms with E-state index in [4.69, 9.17) is 21.0 Å². The first-order chi connectivity index (χ1) is 14.5. The Morgan fingerprint density at radius 2 is 1.12 bits per heavy atom. The van der Waals surface area contributed by atoms with Crippen LogP contribution in [0.4, 0.5) is 25.2 Å². The third kappa shape index (κ3) is 52.8. The van der Waals surface area contributed by atoms with Gasteiger partial charge in [-0.15, -0.1) is 35.4 Å². The van der Waals surface area contributed by atoms with E-state index < -0.39 is 7.81 Å². The molecule has 0 N–H and O–H groups in total. The fourth-order valence-electron chi connectivity index (χ4n) is 1.31. The molecule has 0 aliphatic carbocycles. The largest absolute Gasteiger partial charge is 2.00 e. The molecule has 0 aliphatic rings. The predicted octanol–water partition coefficient (Wildman–Crippen LogP) is 8.36. The molecule has 0 saturated carbocycles. The van der Waals surface area contributed by atoms with Gasteiger partial charge in [-0.2, -0.15) is 21.0 Å². The Labute approximate surface area is 202 Å². The first-order valence-corrected chi connectivity index (χ1v) is 10.2. The van der Waals surface area contributed by atoms with Crippen LogP contribution in [0.3, 0.4) is 0 Å². The topological polar surface area (TPSA) is 108 Å². The normalized spacial score (nSPS) is 9.79. The van der Waals surface area contributed by atoms with E-state index in [2.05, 4.69) is 24.0 Å². The van der Waals surface area contributed by atoms with Crippen LogP contribution in [-0.2, 0) is 19.5 Å². The molecule has 33 heavy (non-hydrogen) atoms. The third-order valence-corrected chi connectivity index (χ3v) is 1.99. The van der Waals surface area contributed by atoms with Crippen molar-refractivity contribution in [1.29, 1.82) is 21.0 Å². The van der Waals surface area contributed by atoms with Crippen molar-refractivity contribution in [3.8, 4) is 35.5 Å². The minimum absolute atomic E-state index is 0. The molecule has 0 bridgehead atoms. The van der Waals surface area contributed by atoms with Gasteiger partial charge in [0.15, 0.2) is 0 Å². The molecule has 1 aromatic heterocycles. The van der Waals surface area contributed by atoms with Crippen molar-refractivity contribution >= 4 is 7.81 Å². The summed E-state index contributed by atoms with van der Waals surface area (Å²) < 4.78 is 59.2. The zero-order valence-electron chi connectivity index (χ0n) is 18.3. The minimum Gasteiger partial charge on any atom is 2.00 e. The Bertz CT molecular complexity index is 867. The van der Waals surface area contributed by atoms with Crippen molar-refractivity contribution in [2.75, 3.05) is 0 Å². The van der Waals surface area contributed by atoms with Crippen molar-refractivity contribution in [2.24, 2.45) is 0 Å². The number of nitriles is 4. The summed E-state index contributed by atoms with van der Waals surface area (Å²) in [6, 6.07) is 22.1. The number of benzene rings is 1. The molecule has 0 atom stereocenters. The molecule has 2 rings (SSSR count). The van der Waals surface area contributed by atoms with Gasteiger partial charge in [0.1, 0.15) is 0 Å². The molecular formula is C20H22F6N5PRu. The first-order valence-electron chi connectivity index (χ1n) is 8.17. The molecule has 1 heterocycles. The summed E-state index contributed by atoms with van der Waals surface area (Å²) in [4.78, 5) is 4.28. The van der Waals surface area contributed by atoms with Crippen molar-refractivity contribution in [1.82, 2.24) is 4.98 Å². The first kappa shape index (κ1) is 40.3. The Morgan fingerprint density at radius 3 is 1.39 bits per heavy atom. The van der Waals surface area contributed by atoms with E-state index in [1.165, 1.54) is 33.3 Å². The van der Waals surface area contributed by atoms with Crippen molar-refractivity contribution < 1.29 is 44.7 Å². The smallest absolute Gasteiger partial charge is 2.00 e. The van der Waals surface area contributed by atoms with Crippen LogP contribution in [0.15, 0.2) is 42.6 Å².